The molecule has 0 spiro atoms. The van der Waals surface area contributed by atoms with Crippen molar-refractivity contribution in [2.75, 3.05) is 25.5 Å². The van der Waals surface area contributed by atoms with Gasteiger partial charge < -0.3 is 14.6 Å². The Hall–Kier alpha value is -3.43. The van der Waals surface area contributed by atoms with Crippen LogP contribution in [0, 0.1) is 26.7 Å². The van der Waals surface area contributed by atoms with E-state index in [9.17, 15) is 13.2 Å². The molecule has 1 N–H and O–H groups in total. The summed E-state index contributed by atoms with van der Waals surface area (Å²) in [6.45, 7) is 6.09. The number of carbonyl (C=O) groups is 1. The zero-order valence-electron chi connectivity index (χ0n) is 20.9. The first-order valence-corrected chi connectivity index (χ1v) is 13.3. The summed E-state index contributed by atoms with van der Waals surface area (Å²) in [5, 5.41) is 6.92. The predicted octanol–water partition coefficient (Wildman–Crippen LogP) is 4.82. The number of nitrogens with one attached hydrogen (secondary N) is 1. The minimum Gasteiger partial charge on any atom is -0.497 e. The number of amides is 1. The largest absolute Gasteiger partial charge is 0.497 e. The van der Waals surface area contributed by atoms with Gasteiger partial charge in [0.15, 0.2) is 10.7 Å². The summed E-state index contributed by atoms with van der Waals surface area (Å²) >= 11 is 0. The lowest BCUT2D eigenvalue weighted by Crippen LogP contribution is -2.41. The van der Waals surface area contributed by atoms with Crippen molar-refractivity contribution in [3.63, 3.8) is 0 Å². The van der Waals surface area contributed by atoms with Crippen LogP contribution in [0.2, 0.25) is 0 Å². The fraction of sp³-hybridized carbons (Fsp3) is 0.333. The average molecular weight is 510 g/mol. The molecule has 190 valence electrons. The summed E-state index contributed by atoms with van der Waals surface area (Å²) in [5.41, 5.74) is 4.10. The molecular weight excluding hydrogens is 478 g/mol. The van der Waals surface area contributed by atoms with Crippen molar-refractivity contribution in [1.82, 2.24) is 9.46 Å². The molecule has 0 unspecified atom stereocenters. The van der Waals surface area contributed by atoms with Gasteiger partial charge in [-0.25, -0.2) is 8.42 Å². The third kappa shape index (κ3) is 5.37. The molecule has 3 aromatic rings. The van der Waals surface area contributed by atoms with Crippen LogP contribution in [0.4, 0.5) is 5.69 Å². The first-order valence-electron chi connectivity index (χ1n) is 11.9. The Balaban J connectivity index is 1.45. The maximum Gasteiger partial charge on any atom is 0.248 e. The molecule has 36 heavy (non-hydrogen) atoms. The Bertz CT molecular complexity index is 1370. The first kappa shape index (κ1) is 25.7. The van der Waals surface area contributed by atoms with Crippen LogP contribution in [0.25, 0.3) is 12.2 Å². The maximum atomic E-state index is 13.5. The third-order valence-electron chi connectivity index (χ3n) is 6.66. The smallest absolute Gasteiger partial charge is 0.248 e. The number of benzene rings is 2. The standard InChI is InChI=1S/C27H31N3O5S/c1-18-6-5-7-24(19(18)2)28-27(31)22-14-16-30(17-15-22)36(32,33)26-20(3)29-35-25(26)13-10-21-8-11-23(34-4)12-9-21/h5-13,22H,14-17H2,1-4H3,(H,28,31)/b13-10-. The summed E-state index contributed by atoms with van der Waals surface area (Å²) in [6.07, 6.45) is 4.26. The zero-order valence-corrected chi connectivity index (χ0v) is 21.8. The summed E-state index contributed by atoms with van der Waals surface area (Å²) < 4.78 is 39.0. The molecule has 0 radical (unpaired) electrons. The SMILES string of the molecule is COc1ccc(/C=C\c2onc(C)c2S(=O)(=O)N2CCC(C(=O)Nc3cccc(C)c3C)CC2)cc1. The van der Waals surface area contributed by atoms with Gasteiger partial charge in [-0.3, -0.25) is 4.79 Å². The predicted molar refractivity (Wildman–Crippen MR) is 139 cm³/mol. The monoisotopic (exact) mass is 509 g/mol. The van der Waals surface area contributed by atoms with Crippen molar-refractivity contribution in [1.29, 1.82) is 0 Å². The van der Waals surface area contributed by atoms with Gasteiger partial charge >= 0.3 is 0 Å². The molecule has 1 fully saturated rings. The number of ether oxygens (including phenoxy) is 1. The van der Waals surface area contributed by atoms with Crippen LogP contribution in [-0.2, 0) is 14.8 Å². The topological polar surface area (TPSA) is 102 Å². The first-order chi connectivity index (χ1) is 17.2. The van der Waals surface area contributed by atoms with E-state index >= 15 is 0 Å². The highest BCUT2D eigenvalue weighted by Crippen LogP contribution is 2.30. The lowest BCUT2D eigenvalue weighted by Gasteiger charge is -2.30. The summed E-state index contributed by atoms with van der Waals surface area (Å²) in [4.78, 5) is 12.9. The number of carbonyl (C=O) groups excluding carboxylic acids is 1. The second kappa shape index (κ2) is 10.7. The Morgan fingerprint density at radius 2 is 1.78 bits per heavy atom. The van der Waals surface area contributed by atoms with Crippen LogP contribution in [0.1, 0.15) is 41.0 Å². The number of rotatable bonds is 7. The second-order valence-electron chi connectivity index (χ2n) is 8.98. The fourth-order valence-corrected chi connectivity index (χ4v) is 6.01. The van der Waals surface area contributed by atoms with E-state index in [1.165, 1.54) is 4.31 Å². The minimum atomic E-state index is -3.84. The molecule has 2 heterocycles. The van der Waals surface area contributed by atoms with E-state index < -0.39 is 10.0 Å². The molecule has 1 amide bonds. The van der Waals surface area contributed by atoms with E-state index in [0.29, 0.717) is 18.5 Å². The average Bonchev–Trinajstić information content (AvgIpc) is 3.27. The number of piperidine rings is 1. The van der Waals surface area contributed by atoms with Gasteiger partial charge in [-0.05, 0) is 74.6 Å². The minimum absolute atomic E-state index is 0.0607. The molecule has 0 saturated carbocycles. The van der Waals surface area contributed by atoms with Gasteiger partial charge in [-0.2, -0.15) is 4.31 Å². The number of hydrogen-bond donors (Lipinski definition) is 1. The highest BCUT2D eigenvalue weighted by atomic mass is 32.2. The highest BCUT2D eigenvalue weighted by Gasteiger charge is 2.36. The zero-order chi connectivity index (χ0) is 25.9. The van der Waals surface area contributed by atoms with Crippen LogP contribution in [0.3, 0.4) is 0 Å². The van der Waals surface area contributed by atoms with Crippen LogP contribution >= 0.6 is 0 Å². The van der Waals surface area contributed by atoms with Crippen molar-refractivity contribution in [3.8, 4) is 5.75 Å². The molecule has 1 aliphatic heterocycles. The molecule has 1 aliphatic rings. The Morgan fingerprint density at radius 1 is 1.08 bits per heavy atom. The fourth-order valence-electron chi connectivity index (χ4n) is 4.29. The normalized spacial score (nSPS) is 15.3. The summed E-state index contributed by atoms with van der Waals surface area (Å²) in [6, 6.07) is 13.2. The number of hydrogen-bond acceptors (Lipinski definition) is 6. The third-order valence-corrected chi connectivity index (χ3v) is 8.72. The van der Waals surface area contributed by atoms with E-state index in [0.717, 1.165) is 28.1 Å². The second-order valence-corrected chi connectivity index (χ2v) is 10.9. The molecule has 1 aromatic heterocycles. The van der Waals surface area contributed by atoms with Crippen LogP contribution < -0.4 is 10.1 Å². The van der Waals surface area contributed by atoms with E-state index in [1.54, 1.807) is 26.2 Å². The molecular formula is C27H31N3O5S. The van der Waals surface area contributed by atoms with Gasteiger partial charge in [0, 0.05) is 24.7 Å². The van der Waals surface area contributed by atoms with E-state index in [-0.39, 0.29) is 35.6 Å². The molecule has 8 nitrogen and oxygen atoms in total. The molecule has 0 bridgehead atoms. The number of nitrogens with zero attached hydrogens (tertiary/aromatic N) is 2. The number of aromatic nitrogens is 1. The van der Waals surface area contributed by atoms with E-state index in [2.05, 4.69) is 10.5 Å². The van der Waals surface area contributed by atoms with Gasteiger partial charge in [0.1, 0.15) is 11.4 Å². The molecule has 4 rings (SSSR count). The Labute approximate surface area is 212 Å². The van der Waals surface area contributed by atoms with E-state index in [4.69, 9.17) is 9.26 Å². The van der Waals surface area contributed by atoms with Crippen LogP contribution in [-0.4, -0.2) is 44.0 Å². The van der Waals surface area contributed by atoms with Crippen LogP contribution in [0.15, 0.2) is 51.9 Å². The van der Waals surface area contributed by atoms with Crippen molar-refractivity contribution in [3.05, 3.63) is 70.6 Å². The van der Waals surface area contributed by atoms with Gasteiger partial charge in [-0.1, -0.05) is 35.5 Å². The quantitative estimate of drug-likeness (QED) is 0.490. The summed E-state index contributed by atoms with van der Waals surface area (Å²) in [5.74, 6) is 0.578. The van der Waals surface area contributed by atoms with E-state index in [1.807, 2.05) is 56.3 Å². The van der Waals surface area contributed by atoms with Crippen molar-refractivity contribution in [2.45, 2.75) is 38.5 Å². The van der Waals surface area contributed by atoms with Gasteiger partial charge in [0.2, 0.25) is 15.9 Å². The lowest BCUT2D eigenvalue weighted by atomic mass is 9.97. The van der Waals surface area contributed by atoms with Crippen molar-refractivity contribution in [2.24, 2.45) is 5.92 Å². The molecule has 2 aromatic carbocycles. The molecule has 1 saturated heterocycles. The van der Waals surface area contributed by atoms with Gasteiger partial charge in [0.05, 0.1) is 7.11 Å². The van der Waals surface area contributed by atoms with Crippen LogP contribution in [0.5, 0.6) is 5.75 Å². The molecule has 0 atom stereocenters. The van der Waals surface area contributed by atoms with Gasteiger partial charge in [0.25, 0.3) is 0 Å². The highest BCUT2D eigenvalue weighted by molar-refractivity contribution is 7.89. The number of aryl methyl sites for hydroxylation is 2. The Morgan fingerprint density at radius 3 is 2.44 bits per heavy atom. The summed E-state index contributed by atoms with van der Waals surface area (Å²) in [7, 11) is -2.24. The number of anilines is 1. The number of sulfonamides is 1. The Kier molecular flexibility index (Phi) is 7.61. The molecule has 9 heteroatoms. The number of methoxy groups -OCH3 is 1. The molecule has 0 aliphatic carbocycles. The van der Waals surface area contributed by atoms with Gasteiger partial charge in [-0.15, -0.1) is 0 Å². The van der Waals surface area contributed by atoms with Crippen molar-refractivity contribution >= 4 is 33.8 Å². The maximum absolute atomic E-state index is 13.5. The lowest BCUT2D eigenvalue weighted by molar-refractivity contribution is -0.120. The van der Waals surface area contributed by atoms with Crippen molar-refractivity contribution < 1.29 is 22.5 Å².